The summed E-state index contributed by atoms with van der Waals surface area (Å²) in [5.74, 6) is 0.185. The molecule has 5 rings (SSSR count). The van der Waals surface area contributed by atoms with Crippen molar-refractivity contribution < 1.29 is 28.6 Å². The van der Waals surface area contributed by atoms with Crippen LogP contribution in [0, 0.1) is 0 Å². The van der Waals surface area contributed by atoms with Crippen LogP contribution in [0.4, 0.5) is 0 Å². The second-order valence-corrected chi connectivity index (χ2v) is 10.6. The third-order valence-electron chi connectivity index (χ3n) is 6.01. The minimum atomic E-state index is -0.712. The van der Waals surface area contributed by atoms with Gasteiger partial charge in [0.1, 0.15) is 24.1 Å². The summed E-state index contributed by atoms with van der Waals surface area (Å²) in [5, 5.41) is 2.45. The van der Waals surface area contributed by atoms with E-state index in [-0.39, 0.29) is 30.6 Å². The lowest BCUT2D eigenvalue weighted by Crippen LogP contribution is -2.70. The smallest absolute Gasteiger partial charge is 0.330 e. The SMILES string of the molecule is CC1(C)S[C@@H]2[C@H](NC(=O)/C=C/c3ccc4c(c3)OCO4)C(=O)N2[C@H]1C(=O)OCc1ccccc1. The van der Waals surface area contributed by atoms with Crippen molar-refractivity contribution in [3.8, 4) is 11.5 Å². The molecule has 34 heavy (non-hydrogen) atoms. The molecule has 0 saturated carbocycles. The number of hydrogen-bond donors (Lipinski definition) is 1. The lowest BCUT2D eigenvalue weighted by molar-refractivity contribution is -0.165. The van der Waals surface area contributed by atoms with Crippen LogP contribution >= 0.6 is 11.8 Å². The van der Waals surface area contributed by atoms with Gasteiger partial charge in [0.2, 0.25) is 18.6 Å². The van der Waals surface area contributed by atoms with Gasteiger partial charge in [0.05, 0.1) is 0 Å². The first kappa shape index (κ1) is 22.3. The van der Waals surface area contributed by atoms with Crippen molar-refractivity contribution in [2.75, 3.05) is 6.79 Å². The maximum atomic E-state index is 12.9. The first-order valence-corrected chi connectivity index (χ1v) is 11.8. The number of ether oxygens (including phenoxy) is 3. The highest BCUT2D eigenvalue weighted by molar-refractivity contribution is 8.01. The van der Waals surface area contributed by atoms with Gasteiger partial charge in [-0.3, -0.25) is 9.59 Å². The molecule has 9 heteroatoms. The molecule has 1 N–H and O–H groups in total. The van der Waals surface area contributed by atoms with Crippen LogP contribution in [-0.4, -0.2) is 51.7 Å². The second kappa shape index (κ2) is 8.72. The van der Waals surface area contributed by atoms with E-state index in [0.717, 1.165) is 11.1 Å². The van der Waals surface area contributed by atoms with E-state index < -0.39 is 22.8 Å². The van der Waals surface area contributed by atoms with Crippen molar-refractivity contribution in [1.82, 2.24) is 10.2 Å². The maximum absolute atomic E-state index is 12.9. The number of β-lactam (4-membered cyclic amide) rings is 1. The summed E-state index contributed by atoms with van der Waals surface area (Å²) in [5.41, 5.74) is 1.66. The lowest BCUT2D eigenvalue weighted by atomic mass is 9.96. The van der Waals surface area contributed by atoms with E-state index in [0.29, 0.717) is 11.5 Å². The molecule has 2 amide bonds. The van der Waals surface area contributed by atoms with E-state index in [4.69, 9.17) is 14.2 Å². The molecule has 2 saturated heterocycles. The number of hydrogen-bond acceptors (Lipinski definition) is 7. The van der Waals surface area contributed by atoms with E-state index in [1.54, 1.807) is 18.2 Å². The van der Waals surface area contributed by atoms with Crippen LogP contribution in [0.1, 0.15) is 25.0 Å². The summed E-state index contributed by atoms with van der Waals surface area (Å²) in [7, 11) is 0. The number of carbonyl (C=O) groups excluding carboxylic acids is 3. The van der Waals surface area contributed by atoms with Crippen molar-refractivity contribution in [2.45, 2.75) is 42.7 Å². The molecular weight excluding hydrogens is 456 g/mol. The van der Waals surface area contributed by atoms with Gasteiger partial charge in [0, 0.05) is 10.8 Å². The Balaban J connectivity index is 1.20. The molecule has 176 valence electrons. The fourth-order valence-corrected chi connectivity index (χ4v) is 5.94. The van der Waals surface area contributed by atoms with Gasteiger partial charge in [-0.25, -0.2) is 4.79 Å². The van der Waals surface area contributed by atoms with Crippen molar-refractivity contribution in [3.63, 3.8) is 0 Å². The number of nitrogens with one attached hydrogen (secondary N) is 1. The summed E-state index contributed by atoms with van der Waals surface area (Å²) >= 11 is 1.49. The summed E-state index contributed by atoms with van der Waals surface area (Å²) in [4.78, 5) is 39.8. The van der Waals surface area contributed by atoms with Crippen molar-refractivity contribution in [2.24, 2.45) is 0 Å². The number of fused-ring (bicyclic) bond motifs is 2. The summed E-state index contributed by atoms with van der Waals surface area (Å²) in [6.45, 7) is 4.15. The van der Waals surface area contributed by atoms with Crippen molar-refractivity contribution >= 4 is 35.6 Å². The van der Waals surface area contributed by atoms with E-state index in [1.807, 2.05) is 50.2 Å². The Kier molecular flexibility index (Phi) is 5.73. The van der Waals surface area contributed by atoms with Gasteiger partial charge in [0.15, 0.2) is 11.5 Å². The molecule has 3 heterocycles. The van der Waals surface area contributed by atoms with Crippen LogP contribution < -0.4 is 14.8 Å². The molecule has 0 unspecified atom stereocenters. The molecule has 0 spiro atoms. The molecule has 0 aliphatic carbocycles. The lowest BCUT2D eigenvalue weighted by Gasteiger charge is -2.43. The highest BCUT2D eigenvalue weighted by Gasteiger charge is 2.64. The van der Waals surface area contributed by atoms with E-state index in [9.17, 15) is 14.4 Å². The van der Waals surface area contributed by atoms with Gasteiger partial charge >= 0.3 is 5.97 Å². The zero-order valence-electron chi connectivity index (χ0n) is 18.7. The molecule has 3 aliphatic rings. The topological polar surface area (TPSA) is 94.2 Å². The summed E-state index contributed by atoms with van der Waals surface area (Å²) in [6, 6.07) is 13.4. The average molecular weight is 481 g/mol. The van der Waals surface area contributed by atoms with Gasteiger partial charge in [-0.2, -0.15) is 0 Å². The molecule has 0 aromatic heterocycles. The van der Waals surface area contributed by atoms with Crippen molar-refractivity contribution in [1.29, 1.82) is 0 Å². The van der Waals surface area contributed by atoms with Gasteiger partial charge in [-0.05, 0) is 43.2 Å². The van der Waals surface area contributed by atoms with Gasteiger partial charge in [-0.1, -0.05) is 36.4 Å². The zero-order chi connectivity index (χ0) is 23.9. The highest BCUT2D eigenvalue weighted by atomic mass is 32.2. The Morgan fingerprint density at radius 1 is 1.18 bits per heavy atom. The largest absolute Gasteiger partial charge is 0.459 e. The Morgan fingerprint density at radius 2 is 1.94 bits per heavy atom. The Morgan fingerprint density at radius 3 is 2.74 bits per heavy atom. The minimum Gasteiger partial charge on any atom is -0.459 e. The fraction of sp³-hybridized carbons (Fsp3) is 0.320. The van der Waals surface area contributed by atoms with Gasteiger partial charge in [0.25, 0.3) is 0 Å². The van der Waals surface area contributed by atoms with Crippen LogP contribution in [0.2, 0.25) is 0 Å². The van der Waals surface area contributed by atoms with Crippen LogP contribution in [0.25, 0.3) is 6.08 Å². The fourth-order valence-electron chi connectivity index (χ4n) is 4.32. The zero-order valence-corrected chi connectivity index (χ0v) is 19.5. The molecule has 8 nitrogen and oxygen atoms in total. The average Bonchev–Trinajstić information content (AvgIpc) is 3.40. The third-order valence-corrected chi connectivity index (χ3v) is 7.58. The van der Waals surface area contributed by atoms with E-state index in [1.165, 1.54) is 22.7 Å². The number of rotatable bonds is 6. The number of thioether (sulfide) groups is 1. The molecular formula is C25H24N2O6S. The Hall–Kier alpha value is -3.46. The number of carbonyl (C=O) groups is 3. The van der Waals surface area contributed by atoms with Crippen molar-refractivity contribution in [3.05, 3.63) is 65.7 Å². The van der Waals surface area contributed by atoms with Crippen LogP contribution in [-0.2, 0) is 25.7 Å². The molecule has 3 aliphatic heterocycles. The normalized spacial score (nSPS) is 24.0. The number of esters is 1. The Bertz CT molecular complexity index is 1170. The van der Waals surface area contributed by atoms with Crippen LogP contribution in [0.5, 0.6) is 11.5 Å². The molecule has 0 radical (unpaired) electrons. The van der Waals surface area contributed by atoms with Gasteiger partial charge in [-0.15, -0.1) is 11.8 Å². The Labute approximate surface area is 201 Å². The van der Waals surface area contributed by atoms with Gasteiger partial charge < -0.3 is 24.4 Å². The predicted octanol–water partition coefficient (Wildman–Crippen LogP) is 2.72. The van der Waals surface area contributed by atoms with E-state index >= 15 is 0 Å². The second-order valence-electron chi connectivity index (χ2n) is 8.79. The minimum absolute atomic E-state index is 0.147. The number of nitrogens with zero attached hydrogens (tertiary/aromatic N) is 1. The number of amides is 2. The molecule has 3 atom stereocenters. The van der Waals surface area contributed by atoms with Crippen LogP contribution in [0.3, 0.4) is 0 Å². The quantitative estimate of drug-likeness (QED) is 0.386. The molecule has 2 fully saturated rings. The third kappa shape index (κ3) is 4.11. The predicted molar refractivity (Wildman–Crippen MR) is 126 cm³/mol. The van der Waals surface area contributed by atoms with Crippen LogP contribution in [0.15, 0.2) is 54.6 Å². The first-order chi connectivity index (χ1) is 16.3. The summed E-state index contributed by atoms with van der Waals surface area (Å²) in [6.07, 6.45) is 3.03. The molecule has 2 aromatic rings. The monoisotopic (exact) mass is 480 g/mol. The van der Waals surface area contributed by atoms with E-state index in [2.05, 4.69) is 5.32 Å². The maximum Gasteiger partial charge on any atom is 0.330 e. The summed E-state index contributed by atoms with van der Waals surface area (Å²) < 4.78 is 15.6. The highest BCUT2D eigenvalue weighted by Crippen LogP contribution is 2.51. The first-order valence-electron chi connectivity index (χ1n) is 10.9. The molecule has 2 aromatic carbocycles. The molecule has 0 bridgehead atoms. The standard InChI is InChI=1S/C25H24N2O6S/c1-25(2)21(24(30)31-13-16-6-4-3-5-7-16)27-22(29)20(23(27)34-25)26-19(28)11-9-15-8-10-17-18(12-15)33-14-32-17/h3-12,20-21,23H,13-14H2,1-2H3,(H,26,28)/b11-9+/t20-,21+,23-/m1/s1. The number of benzene rings is 2.